The summed E-state index contributed by atoms with van der Waals surface area (Å²) in [6.07, 6.45) is -0.271. The van der Waals surface area contributed by atoms with Crippen LogP contribution in [0.15, 0.2) is 108 Å². The first-order chi connectivity index (χ1) is 22.8. The van der Waals surface area contributed by atoms with Gasteiger partial charge in [-0.2, -0.15) is 13.2 Å². The number of phenols is 1. The van der Waals surface area contributed by atoms with E-state index < -0.39 is 12.1 Å². The van der Waals surface area contributed by atoms with E-state index in [1.807, 2.05) is 83.8 Å². The lowest BCUT2D eigenvalue weighted by Gasteiger charge is -2.22. The number of nitrogens with zero attached hydrogens (tertiary/aromatic N) is 1. The van der Waals surface area contributed by atoms with Crippen LogP contribution >= 0.6 is 15.9 Å². The van der Waals surface area contributed by atoms with Gasteiger partial charge in [-0.05, 0) is 95.7 Å². The standard InChI is InChI=1S/C34H34BrN3O3.C2HF3O2/c35-31-13-8-25(9-14-31)12-17-33(40)38(21-18-26-10-15-32(39)16-11-26)24-27-4-1-5-28(22-27)29-6-2-7-30(23-29)34(41)37-20-3-19-36;3-2(4,5)1(6)7/h1-2,4-17,22-23,39H,3,18-21,24,36H2,(H,37,41);(H,6,7)/b17-12+;. The van der Waals surface area contributed by atoms with E-state index in [1.54, 1.807) is 24.3 Å². The summed E-state index contributed by atoms with van der Waals surface area (Å²) in [5, 5.41) is 19.6. The highest BCUT2D eigenvalue weighted by Gasteiger charge is 2.38. The number of phenolic OH excluding ortho intramolecular Hbond substituents is 1. The SMILES string of the molecule is NCCCNC(=O)c1cccc(-c2cccc(CN(CCc3ccc(O)cc3)C(=O)/C=C/c3ccc(Br)cc3)c2)c1.O=C(O)C(F)(F)F. The summed E-state index contributed by atoms with van der Waals surface area (Å²) in [6, 6.07) is 30.4. The van der Waals surface area contributed by atoms with Crippen LogP contribution < -0.4 is 11.1 Å². The Labute approximate surface area is 284 Å². The number of amides is 2. The average molecular weight is 727 g/mol. The molecule has 4 rings (SSSR count). The van der Waals surface area contributed by atoms with Crippen molar-refractivity contribution in [2.45, 2.75) is 25.6 Å². The van der Waals surface area contributed by atoms with Crippen molar-refractivity contribution in [3.63, 3.8) is 0 Å². The predicted octanol–water partition coefficient (Wildman–Crippen LogP) is 6.82. The van der Waals surface area contributed by atoms with Crippen molar-refractivity contribution in [2.75, 3.05) is 19.6 Å². The number of benzene rings is 4. The maximum absolute atomic E-state index is 13.4. The van der Waals surface area contributed by atoms with Gasteiger partial charge >= 0.3 is 12.1 Å². The number of aliphatic carboxylic acids is 1. The molecule has 0 heterocycles. The molecule has 4 aromatic rings. The van der Waals surface area contributed by atoms with Crippen LogP contribution in [0.2, 0.25) is 0 Å². The van der Waals surface area contributed by atoms with Crippen LogP contribution in [-0.4, -0.2) is 58.7 Å². The molecule has 252 valence electrons. The summed E-state index contributed by atoms with van der Waals surface area (Å²) in [7, 11) is 0. The van der Waals surface area contributed by atoms with E-state index in [0.717, 1.165) is 38.7 Å². The summed E-state index contributed by atoms with van der Waals surface area (Å²) in [5.74, 6) is -2.76. The molecule has 0 aliphatic rings. The molecular formula is C36H35BrF3N3O5. The van der Waals surface area contributed by atoms with E-state index in [4.69, 9.17) is 15.6 Å². The number of alkyl halides is 3. The van der Waals surface area contributed by atoms with E-state index in [-0.39, 0.29) is 17.6 Å². The average Bonchev–Trinajstić information content (AvgIpc) is 3.07. The molecule has 0 spiro atoms. The topological polar surface area (TPSA) is 133 Å². The lowest BCUT2D eigenvalue weighted by Crippen LogP contribution is -2.31. The molecular weight excluding hydrogens is 691 g/mol. The molecule has 0 aliphatic heterocycles. The molecule has 2 amide bonds. The number of rotatable bonds is 12. The second-order valence-electron chi connectivity index (χ2n) is 10.5. The Morgan fingerprint density at radius 3 is 2.12 bits per heavy atom. The summed E-state index contributed by atoms with van der Waals surface area (Å²) in [6.45, 7) is 2.01. The normalized spacial score (nSPS) is 11.0. The van der Waals surface area contributed by atoms with Gasteiger partial charge in [0.15, 0.2) is 0 Å². The Bertz CT molecular complexity index is 1690. The lowest BCUT2D eigenvalue weighted by molar-refractivity contribution is -0.192. The minimum absolute atomic E-state index is 0.0896. The maximum Gasteiger partial charge on any atom is 0.490 e. The van der Waals surface area contributed by atoms with E-state index in [9.17, 15) is 27.9 Å². The van der Waals surface area contributed by atoms with Crippen LogP contribution in [0.4, 0.5) is 13.2 Å². The maximum atomic E-state index is 13.4. The van der Waals surface area contributed by atoms with Gasteiger partial charge in [0.25, 0.3) is 5.91 Å². The fourth-order valence-electron chi connectivity index (χ4n) is 4.36. The molecule has 0 atom stereocenters. The number of aromatic hydroxyl groups is 1. The number of carboxylic acid groups (broad SMARTS) is 1. The van der Waals surface area contributed by atoms with Gasteiger partial charge in [-0.15, -0.1) is 0 Å². The molecule has 0 aromatic heterocycles. The highest BCUT2D eigenvalue weighted by molar-refractivity contribution is 9.10. The molecule has 0 saturated carbocycles. The molecule has 5 N–H and O–H groups in total. The van der Waals surface area contributed by atoms with Crippen molar-refractivity contribution in [3.8, 4) is 16.9 Å². The van der Waals surface area contributed by atoms with E-state index in [1.165, 1.54) is 0 Å². The number of carboxylic acids is 1. The number of hydrogen-bond acceptors (Lipinski definition) is 5. The third-order valence-corrected chi connectivity index (χ3v) is 7.40. The molecule has 0 fully saturated rings. The highest BCUT2D eigenvalue weighted by atomic mass is 79.9. The van der Waals surface area contributed by atoms with Crippen LogP contribution in [0.3, 0.4) is 0 Å². The lowest BCUT2D eigenvalue weighted by atomic mass is 10.0. The zero-order chi connectivity index (χ0) is 35.1. The monoisotopic (exact) mass is 725 g/mol. The van der Waals surface area contributed by atoms with Gasteiger partial charge in [-0.25, -0.2) is 4.79 Å². The Balaban J connectivity index is 0.000000804. The molecule has 4 aromatic carbocycles. The van der Waals surface area contributed by atoms with Crippen LogP contribution in [0.5, 0.6) is 5.75 Å². The molecule has 0 bridgehead atoms. The smallest absolute Gasteiger partial charge is 0.490 e. The summed E-state index contributed by atoms with van der Waals surface area (Å²) < 4.78 is 32.7. The van der Waals surface area contributed by atoms with Crippen molar-refractivity contribution in [1.29, 1.82) is 0 Å². The van der Waals surface area contributed by atoms with Crippen molar-refractivity contribution in [1.82, 2.24) is 10.2 Å². The first kappa shape index (κ1) is 37.5. The predicted molar refractivity (Wildman–Crippen MR) is 182 cm³/mol. The van der Waals surface area contributed by atoms with Gasteiger partial charge in [-0.3, -0.25) is 9.59 Å². The van der Waals surface area contributed by atoms with E-state index >= 15 is 0 Å². The number of halogens is 4. The zero-order valence-electron chi connectivity index (χ0n) is 25.8. The van der Waals surface area contributed by atoms with Crippen molar-refractivity contribution >= 4 is 39.8 Å². The van der Waals surface area contributed by atoms with Crippen LogP contribution in [0, 0.1) is 0 Å². The van der Waals surface area contributed by atoms with Gasteiger partial charge in [0.2, 0.25) is 5.91 Å². The van der Waals surface area contributed by atoms with Gasteiger partial charge in [0.05, 0.1) is 0 Å². The minimum atomic E-state index is -5.08. The first-order valence-corrected chi connectivity index (χ1v) is 15.6. The molecule has 0 saturated heterocycles. The molecule has 12 heteroatoms. The Kier molecular flexibility index (Phi) is 14.4. The van der Waals surface area contributed by atoms with Crippen molar-refractivity contribution < 1.29 is 37.8 Å². The third-order valence-electron chi connectivity index (χ3n) is 6.87. The van der Waals surface area contributed by atoms with Crippen LogP contribution in [0.25, 0.3) is 17.2 Å². The number of hydrogen-bond donors (Lipinski definition) is 4. The number of nitrogens with one attached hydrogen (secondary N) is 1. The van der Waals surface area contributed by atoms with Gasteiger partial charge in [0.1, 0.15) is 5.75 Å². The third kappa shape index (κ3) is 12.7. The fourth-order valence-corrected chi connectivity index (χ4v) is 4.62. The fraction of sp³-hybridized carbons (Fsp3) is 0.194. The Morgan fingerprint density at radius 1 is 0.875 bits per heavy atom. The largest absolute Gasteiger partial charge is 0.508 e. The van der Waals surface area contributed by atoms with Gasteiger partial charge in [-0.1, -0.05) is 70.5 Å². The summed E-state index contributed by atoms with van der Waals surface area (Å²) >= 11 is 3.44. The summed E-state index contributed by atoms with van der Waals surface area (Å²) in [4.78, 5) is 36.7. The molecule has 0 radical (unpaired) electrons. The molecule has 8 nitrogen and oxygen atoms in total. The Hall–Kier alpha value is -4.94. The second kappa shape index (κ2) is 18.4. The number of nitrogens with two attached hydrogens (primary N) is 1. The molecule has 48 heavy (non-hydrogen) atoms. The second-order valence-corrected chi connectivity index (χ2v) is 11.5. The van der Waals surface area contributed by atoms with Gasteiger partial charge < -0.3 is 26.2 Å². The van der Waals surface area contributed by atoms with E-state index in [0.29, 0.717) is 38.2 Å². The van der Waals surface area contributed by atoms with Crippen molar-refractivity contribution in [3.05, 3.63) is 130 Å². The number of carbonyl (C=O) groups excluding carboxylic acids is 2. The van der Waals surface area contributed by atoms with Crippen LogP contribution in [-0.2, 0) is 22.6 Å². The quantitative estimate of drug-likeness (QED) is 0.0937. The van der Waals surface area contributed by atoms with E-state index in [2.05, 4.69) is 27.3 Å². The zero-order valence-corrected chi connectivity index (χ0v) is 27.4. The Morgan fingerprint density at radius 2 is 1.50 bits per heavy atom. The molecule has 0 unspecified atom stereocenters. The highest BCUT2D eigenvalue weighted by Crippen LogP contribution is 2.23. The van der Waals surface area contributed by atoms with Crippen LogP contribution in [0.1, 0.15) is 33.5 Å². The summed E-state index contributed by atoms with van der Waals surface area (Å²) in [5.41, 5.74) is 11.0. The number of carbonyl (C=O) groups is 3. The molecule has 0 aliphatic carbocycles. The van der Waals surface area contributed by atoms with Gasteiger partial charge in [0, 0.05) is 35.7 Å². The minimum Gasteiger partial charge on any atom is -0.508 e. The first-order valence-electron chi connectivity index (χ1n) is 14.8. The van der Waals surface area contributed by atoms with Crippen molar-refractivity contribution in [2.24, 2.45) is 5.73 Å².